The van der Waals surface area contributed by atoms with Crippen LogP contribution in [0.1, 0.15) is 0 Å². The van der Waals surface area contributed by atoms with E-state index in [4.69, 9.17) is 0 Å². The lowest BCUT2D eigenvalue weighted by atomic mass is 9.93. The van der Waals surface area contributed by atoms with E-state index >= 15 is 0 Å². The topological polar surface area (TPSA) is 17.8 Å². The predicted molar refractivity (Wildman–Crippen MR) is 199 cm³/mol. The quantitative estimate of drug-likeness (QED) is 0.186. The van der Waals surface area contributed by atoms with Gasteiger partial charge in [-0.1, -0.05) is 121 Å². The first-order valence-electron chi connectivity index (χ1n) is 16.1. The molecule has 0 radical (unpaired) electrons. The van der Waals surface area contributed by atoms with E-state index < -0.39 is 0 Å². The normalized spacial score (nSPS) is 11.8. The Hall–Kier alpha value is -6.25. The molecule has 0 bridgehead atoms. The number of rotatable bonds is 3. The molecule has 0 aliphatic rings. The van der Waals surface area contributed by atoms with Gasteiger partial charge in [0.2, 0.25) is 0 Å². The van der Waals surface area contributed by atoms with Crippen LogP contribution in [0.15, 0.2) is 170 Å². The fourth-order valence-electron chi connectivity index (χ4n) is 7.57. The van der Waals surface area contributed by atoms with Gasteiger partial charge in [-0.25, -0.2) is 0 Å². The lowest BCUT2D eigenvalue weighted by Gasteiger charge is -2.13. The third-order valence-corrected chi connectivity index (χ3v) is 9.77. The van der Waals surface area contributed by atoms with Crippen molar-refractivity contribution >= 4 is 64.9 Å². The van der Waals surface area contributed by atoms with E-state index in [1.807, 2.05) is 18.3 Å². The predicted octanol–water partition coefficient (Wildman–Crippen LogP) is 12.1. The summed E-state index contributed by atoms with van der Waals surface area (Å²) in [5.41, 5.74) is 8.15. The van der Waals surface area contributed by atoms with Gasteiger partial charge in [0.1, 0.15) is 0 Å². The molecule has 218 valence electrons. The van der Waals surface area contributed by atoms with E-state index in [1.165, 1.54) is 76.0 Å². The van der Waals surface area contributed by atoms with Gasteiger partial charge in [0, 0.05) is 33.6 Å². The van der Waals surface area contributed by atoms with Crippen molar-refractivity contribution in [2.24, 2.45) is 0 Å². The summed E-state index contributed by atoms with van der Waals surface area (Å²) < 4.78 is 2.48. The van der Waals surface area contributed by atoms with Gasteiger partial charge in [-0.2, -0.15) is 0 Å². The van der Waals surface area contributed by atoms with Crippen LogP contribution in [0.4, 0.5) is 0 Å². The van der Waals surface area contributed by atoms with Crippen molar-refractivity contribution in [3.8, 4) is 28.1 Å². The molecule has 47 heavy (non-hydrogen) atoms. The smallest absolute Gasteiger partial charge is 0.0702 e. The van der Waals surface area contributed by atoms with Crippen LogP contribution in [0.5, 0.6) is 0 Å². The molecule has 0 unspecified atom stereocenters. The summed E-state index contributed by atoms with van der Waals surface area (Å²) in [5, 5.41) is 12.5. The van der Waals surface area contributed by atoms with Gasteiger partial charge < -0.3 is 4.57 Å². The van der Waals surface area contributed by atoms with Crippen molar-refractivity contribution in [1.29, 1.82) is 0 Å². The summed E-state index contributed by atoms with van der Waals surface area (Å²) in [6.07, 6.45) is 1.86. The van der Waals surface area contributed by atoms with Crippen molar-refractivity contribution < 1.29 is 0 Å². The molecule has 10 aromatic rings. The van der Waals surface area contributed by atoms with Gasteiger partial charge in [-0.05, 0) is 91.3 Å². The second-order valence-electron chi connectivity index (χ2n) is 12.4. The standard InChI is InChI=1S/C45H28N2/c1-2-10-30-26-35(20-16-29(30)9-1)47-44-28-33(42-27-31-11-3-4-12-36(31)38-13-5-6-14-39(38)42)17-22-40(44)41-23-18-32-25-34(19-21-37(32)45(41)47)43-15-7-8-24-46-43/h1-28H. The van der Waals surface area contributed by atoms with Crippen molar-refractivity contribution in [2.75, 3.05) is 0 Å². The molecule has 2 heteroatoms. The maximum absolute atomic E-state index is 4.62. The number of benzene rings is 8. The number of fused-ring (bicyclic) bond motifs is 9. The average molecular weight is 597 g/mol. The highest BCUT2D eigenvalue weighted by molar-refractivity contribution is 6.20. The molecular weight excluding hydrogens is 569 g/mol. The van der Waals surface area contributed by atoms with Gasteiger partial charge in [0.15, 0.2) is 0 Å². The van der Waals surface area contributed by atoms with Gasteiger partial charge in [-0.15, -0.1) is 0 Å². The highest BCUT2D eigenvalue weighted by Crippen LogP contribution is 2.41. The van der Waals surface area contributed by atoms with Crippen LogP contribution in [0, 0.1) is 0 Å². The summed E-state index contributed by atoms with van der Waals surface area (Å²) in [5.74, 6) is 0. The van der Waals surface area contributed by atoms with Crippen molar-refractivity contribution in [3.63, 3.8) is 0 Å². The lowest BCUT2D eigenvalue weighted by molar-refractivity contribution is 1.19. The first-order valence-corrected chi connectivity index (χ1v) is 16.1. The number of hydrogen-bond donors (Lipinski definition) is 0. The number of aromatic nitrogens is 2. The van der Waals surface area contributed by atoms with Gasteiger partial charge >= 0.3 is 0 Å². The fraction of sp³-hybridized carbons (Fsp3) is 0. The zero-order valence-corrected chi connectivity index (χ0v) is 25.6. The van der Waals surface area contributed by atoms with Gasteiger partial charge in [0.05, 0.1) is 16.7 Å². The Morgan fingerprint density at radius 3 is 1.94 bits per heavy atom. The van der Waals surface area contributed by atoms with Crippen LogP contribution >= 0.6 is 0 Å². The summed E-state index contributed by atoms with van der Waals surface area (Å²) >= 11 is 0. The summed E-state index contributed by atoms with van der Waals surface area (Å²) in [6, 6.07) is 59.7. The molecule has 2 heterocycles. The molecule has 0 saturated heterocycles. The number of pyridine rings is 1. The Bertz CT molecular complexity index is 2840. The third kappa shape index (κ3) is 4.02. The van der Waals surface area contributed by atoms with Crippen LogP contribution < -0.4 is 0 Å². The number of hydrogen-bond acceptors (Lipinski definition) is 1. The molecule has 0 amide bonds. The van der Waals surface area contributed by atoms with Crippen LogP contribution in [0.25, 0.3) is 93.0 Å². The van der Waals surface area contributed by atoms with Crippen LogP contribution in [0.3, 0.4) is 0 Å². The van der Waals surface area contributed by atoms with E-state index in [0.29, 0.717) is 0 Å². The Balaban J connectivity index is 1.30. The maximum Gasteiger partial charge on any atom is 0.0702 e. The average Bonchev–Trinajstić information content (AvgIpc) is 3.48. The van der Waals surface area contributed by atoms with Crippen LogP contribution in [-0.4, -0.2) is 9.55 Å². The Kier molecular flexibility index (Phi) is 5.61. The second-order valence-corrected chi connectivity index (χ2v) is 12.4. The van der Waals surface area contributed by atoms with E-state index in [2.05, 4.69) is 161 Å². The van der Waals surface area contributed by atoms with Gasteiger partial charge in [0.25, 0.3) is 0 Å². The molecule has 0 spiro atoms. The molecule has 0 N–H and O–H groups in total. The number of nitrogens with zero attached hydrogens (tertiary/aromatic N) is 2. The van der Waals surface area contributed by atoms with E-state index in [1.54, 1.807) is 0 Å². The Labute approximate surface area is 271 Å². The molecule has 0 aliphatic heterocycles. The fourth-order valence-corrected chi connectivity index (χ4v) is 7.57. The third-order valence-electron chi connectivity index (χ3n) is 9.77. The zero-order chi connectivity index (χ0) is 30.9. The SMILES string of the molecule is c1ccc(-c2ccc3c(ccc4c5ccc(-c6cc7ccccc7c7ccccc67)cc5n(-c5ccc6ccccc6c5)c34)c2)nc1. The van der Waals surface area contributed by atoms with Crippen LogP contribution in [0.2, 0.25) is 0 Å². The lowest BCUT2D eigenvalue weighted by Crippen LogP contribution is -1.95. The molecule has 2 nitrogen and oxygen atoms in total. The Morgan fingerprint density at radius 2 is 1.06 bits per heavy atom. The highest BCUT2D eigenvalue weighted by atomic mass is 15.0. The molecule has 0 fully saturated rings. The minimum absolute atomic E-state index is 0.983. The molecule has 8 aromatic carbocycles. The minimum atomic E-state index is 0.983. The zero-order valence-electron chi connectivity index (χ0n) is 25.6. The van der Waals surface area contributed by atoms with Crippen molar-refractivity contribution in [1.82, 2.24) is 9.55 Å². The minimum Gasteiger partial charge on any atom is -0.309 e. The highest BCUT2D eigenvalue weighted by Gasteiger charge is 2.18. The second kappa shape index (κ2) is 10.1. The van der Waals surface area contributed by atoms with Crippen LogP contribution in [-0.2, 0) is 0 Å². The largest absolute Gasteiger partial charge is 0.309 e. The monoisotopic (exact) mass is 596 g/mol. The molecule has 10 rings (SSSR count). The first kappa shape index (κ1) is 26.0. The summed E-state index contributed by atoms with van der Waals surface area (Å²) in [6.45, 7) is 0. The van der Waals surface area contributed by atoms with E-state index in [-0.39, 0.29) is 0 Å². The summed E-state index contributed by atoms with van der Waals surface area (Å²) in [4.78, 5) is 4.62. The van der Waals surface area contributed by atoms with Crippen molar-refractivity contribution in [3.05, 3.63) is 170 Å². The Morgan fingerprint density at radius 1 is 0.383 bits per heavy atom. The summed E-state index contributed by atoms with van der Waals surface area (Å²) in [7, 11) is 0. The van der Waals surface area contributed by atoms with E-state index in [9.17, 15) is 0 Å². The van der Waals surface area contributed by atoms with Gasteiger partial charge in [-0.3, -0.25) is 4.98 Å². The first-order chi connectivity index (χ1) is 23.3. The maximum atomic E-state index is 4.62. The van der Waals surface area contributed by atoms with E-state index in [0.717, 1.165) is 16.9 Å². The molecule has 0 saturated carbocycles. The molecule has 0 aliphatic carbocycles. The van der Waals surface area contributed by atoms with Crippen molar-refractivity contribution in [2.45, 2.75) is 0 Å². The molecular formula is C45H28N2. The molecule has 0 atom stereocenters. The molecule has 2 aromatic heterocycles.